The number of nitrogens with one attached hydrogen (secondary N) is 1. The lowest BCUT2D eigenvalue weighted by Gasteiger charge is -2.10. The molecule has 11 nitrogen and oxygen atoms in total. The summed E-state index contributed by atoms with van der Waals surface area (Å²) < 4.78 is 6.90. The third kappa shape index (κ3) is 4.26. The number of carbonyl (C=O) groups excluding carboxylic acids is 1. The molecule has 0 saturated heterocycles. The Hall–Kier alpha value is -4.08. The van der Waals surface area contributed by atoms with E-state index in [4.69, 9.17) is 22.1 Å². The molecule has 0 aliphatic heterocycles. The fraction of sp³-hybridized carbons (Fsp3) is 0.190. The van der Waals surface area contributed by atoms with Crippen molar-refractivity contribution >= 4 is 45.3 Å². The number of anilines is 1. The Morgan fingerprint density at radius 1 is 1.29 bits per heavy atom. The summed E-state index contributed by atoms with van der Waals surface area (Å²) in [4.78, 5) is 33.9. The minimum absolute atomic E-state index is 0.148. The molecule has 1 aliphatic rings. The van der Waals surface area contributed by atoms with Crippen molar-refractivity contribution in [3.05, 3.63) is 51.5 Å². The molecule has 1 amide bonds. The van der Waals surface area contributed by atoms with Crippen LogP contribution in [0.25, 0.3) is 16.8 Å². The first kappa shape index (κ1) is 21.7. The number of methoxy groups -OCH3 is 1. The van der Waals surface area contributed by atoms with Crippen molar-refractivity contribution in [2.45, 2.75) is 12.8 Å². The van der Waals surface area contributed by atoms with Crippen LogP contribution in [0, 0.1) is 22.7 Å². The van der Waals surface area contributed by atoms with E-state index in [1.165, 1.54) is 30.0 Å². The van der Waals surface area contributed by atoms with Gasteiger partial charge in [0.05, 0.1) is 36.0 Å². The van der Waals surface area contributed by atoms with Crippen molar-refractivity contribution in [2.24, 2.45) is 11.7 Å². The molecular weight excluding hydrogens is 480 g/mol. The number of fused-ring (bicyclic) bond motifs is 1. The third-order valence-electron chi connectivity index (χ3n) is 5.02. The van der Waals surface area contributed by atoms with E-state index in [0.29, 0.717) is 38.3 Å². The number of carbonyl (C=O) groups is 1. The number of imidazole rings is 1. The molecule has 0 radical (unpaired) electrons. The Balaban J connectivity index is 1.59. The number of hydrazine groups is 1. The number of nitrogens with two attached hydrogens (primary N) is 1. The Morgan fingerprint density at radius 2 is 2.12 bits per heavy atom. The highest BCUT2D eigenvalue weighted by atomic mass is 35.5. The molecule has 4 aromatic heterocycles. The van der Waals surface area contributed by atoms with Crippen molar-refractivity contribution in [1.29, 1.82) is 0 Å². The molecule has 170 valence electrons. The molecule has 0 aromatic carbocycles. The number of aromatic nitrogens is 5. The third-order valence-corrected chi connectivity index (χ3v) is 5.97. The van der Waals surface area contributed by atoms with Crippen molar-refractivity contribution in [3.63, 3.8) is 0 Å². The zero-order valence-electron chi connectivity index (χ0n) is 17.6. The number of nitrogens with zero attached hydrogens (tertiary/aromatic N) is 6. The lowest BCUT2D eigenvalue weighted by Crippen LogP contribution is -2.15. The molecule has 0 bridgehead atoms. The van der Waals surface area contributed by atoms with Crippen LogP contribution in [0.1, 0.15) is 28.3 Å². The molecule has 0 spiro atoms. The molecule has 4 aromatic rings. The maximum Gasteiger partial charge on any atom is 0.305 e. The lowest BCUT2D eigenvalue weighted by molar-refractivity contribution is -0.427. The number of halogens is 1. The highest BCUT2D eigenvalue weighted by Crippen LogP contribution is 2.38. The monoisotopic (exact) mass is 495 g/mol. The normalized spacial score (nSPS) is 12.8. The number of nitroso groups, excluding NO2 is 1. The number of amides is 1. The highest BCUT2D eigenvalue weighted by Gasteiger charge is 2.28. The van der Waals surface area contributed by atoms with Gasteiger partial charge in [-0.1, -0.05) is 34.3 Å². The Labute approximate surface area is 201 Å². The van der Waals surface area contributed by atoms with E-state index < -0.39 is 5.91 Å². The summed E-state index contributed by atoms with van der Waals surface area (Å²) in [5.74, 6) is 6.21. The second kappa shape index (κ2) is 8.69. The van der Waals surface area contributed by atoms with Crippen LogP contribution in [0.5, 0.6) is 5.75 Å². The standard InChI is InChI=1S/C21H15ClN8O3S/c1-33-16-9-24-17(22)6-12(16)13-10-29-15(20(23)31)8-25-18(29)7-14(13)30(32)28-21-27-26-19(34-21)5-4-11-2-3-11/h6-11H,2-3H2,1H3,(H2-,23,27,28,31,32)/p+1. The van der Waals surface area contributed by atoms with Gasteiger partial charge in [-0.25, -0.2) is 9.97 Å². The summed E-state index contributed by atoms with van der Waals surface area (Å²) in [6, 6.07) is 3.06. The molecule has 1 aliphatic carbocycles. The number of pyridine rings is 2. The molecule has 1 saturated carbocycles. The van der Waals surface area contributed by atoms with Gasteiger partial charge in [-0.05, 0) is 24.8 Å². The predicted octanol–water partition coefficient (Wildman–Crippen LogP) is 3.21. The molecule has 5 rings (SSSR count). The van der Waals surface area contributed by atoms with E-state index in [2.05, 4.69) is 37.4 Å². The molecule has 13 heteroatoms. The smallest absolute Gasteiger partial charge is 0.305 e. The van der Waals surface area contributed by atoms with Crippen LogP contribution in [0.3, 0.4) is 0 Å². The summed E-state index contributed by atoms with van der Waals surface area (Å²) in [5.41, 5.74) is 9.66. The lowest BCUT2D eigenvalue weighted by atomic mass is 10.1. The first-order chi connectivity index (χ1) is 16.4. The first-order valence-corrected chi connectivity index (χ1v) is 11.2. The minimum Gasteiger partial charge on any atom is -0.494 e. The Kier molecular flexibility index (Phi) is 5.56. The number of primary amides is 1. The summed E-state index contributed by atoms with van der Waals surface area (Å²) in [7, 11) is 1.47. The van der Waals surface area contributed by atoms with E-state index >= 15 is 0 Å². The zero-order valence-corrected chi connectivity index (χ0v) is 19.2. The van der Waals surface area contributed by atoms with Gasteiger partial charge in [0.15, 0.2) is 9.88 Å². The van der Waals surface area contributed by atoms with Gasteiger partial charge in [0.25, 0.3) is 11.0 Å². The van der Waals surface area contributed by atoms with Gasteiger partial charge in [-0.2, -0.15) is 0 Å². The molecule has 1 fully saturated rings. The van der Waals surface area contributed by atoms with Gasteiger partial charge < -0.3 is 10.5 Å². The van der Waals surface area contributed by atoms with E-state index in [9.17, 15) is 9.70 Å². The maximum absolute atomic E-state index is 13.3. The van der Waals surface area contributed by atoms with Gasteiger partial charge in [0.1, 0.15) is 22.2 Å². The van der Waals surface area contributed by atoms with Crippen molar-refractivity contribution in [2.75, 3.05) is 12.5 Å². The minimum atomic E-state index is -0.670. The molecule has 0 atom stereocenters. The van der Waals surface area contributed by atoms with Gasteiger partial charge in [0.2, 0.25) is 0 Å². The van der Waals surface area contributed by atoms with Crippen LogP contribution in [0.2, 0.25) is 5.15 Å². The number of ether oxygens (including phenoxy) is 1. The van der Waals surface area contributed by atoms with Crippen LogP contribution in [-0.2, 0) is 0 Å². The average Bonchev–Trinajstić information content (AvgIpc) is 3.39. The van der Waals surface area contributed by atoms with Gasteiger partial charge in [0, 0.05) is 17.7 Å². The molecule has 4 heterocycles. The van der Waals surface area contributed by atoms with E-state index in [1.807, 2.05) is 0 Å². The zero-order chi connectivity index (χ0) is 23.8. The Bertz CT molecular complexity index is 1520. The SMILES string of the molecule is COc1cnc(Cl)cc1-c1cn2c(C(N)=O)cnc2cc1[N+](=O)Nc1nnc(C#CC2CC2)s1. The van der Waals surface area contributed by atoms with Gasteiger partial charge in [-0.15, -0.1) is 10.2 Å². The second-order valence-corrected chi connectivity index (χ2v) is 8.74. The maximum atomic E-state index is 13.3. The van der Waals surface area contributed by atoms with Crippen LogP contribution in [0.15, 0.2) is 30.7 Å². The fourth-order valence-corrected chi connectivity index (χ4v) is 3.96. The summed E-state index contributed by atoms with van der Waals surface area (Å²) in [5, 5.41) is 8.97. The summed E-state index contributed by atoms with van der Waals surface area (Å²) in [6.07, 6.45) is 6.53. The highest BCUT2D eigenvalue weighted by molar-refractivity contribution is 7.15. The van der Waals surface area contributed by atoms with Crippen LogP contribution >= 0.6 is 22.9 Å². The van der Waals surface area contributed by atoms with E-state index in [-0.39, 0.29) is 21.7 Å². The Morgan fingerprint density at radius 3 is 2.85 bits per heavy atom. The van der Waals surface area contributed by atoms with Crippen LogP contribution in [0.4, 0.5) is 10.8 Å². The molecular formula is C21H16ClN8O3S+. The number of hydrogen-bond donors (Lipinski definition) is 2. The number of rotatable bonds is 6. The number of hydrogen-bond acceptors (Lipinski definition) is 8. The van der Waals surface area contributed by atoms with Crippen molar-refractivity contribution in [1.82, 2.24) is 24.6 Å². The van der Waals surface area contributed by atoms with Gasteiger partial charge in [-0.3, -0.25) is 9.20 Å². The predicted molar refractivity (Wildman–Crippen MR) is 125 cm³/mol. The van der Waals surface area contributed by atoms with Gasteiger partial charge >= 0.3 is 5.69 Å². The summed E-state index contributed by atoms with van der Waals surface area (Å²) >= 11 is 7.29. The molecule has 0 unspecified atom stereocenters. The van der Waals surface area contributed by atoms with Crippen LogP contribution < -0.4 is 15.9 Å². The fourth-order valence-electron chi connectivity index (χ4n) is 3.22. The van der Waals surface area contributed by atoms with Crippen LogP contribution in [-0.4, -0.2) is 42.5 Å². The summed E-state index contributed by atoms with van der Waals surface area (Å²) in [6.45, 7) is 0. The first-order valence-electron chi connectivity index (χ1n) is 10.0. The van der Waals surface area contributed by atoms with Crippen molar-refractivity contribution in [3.8, 4) is 28.7 Å². The second-order valence-electron chi connectivity index (χ2n) is 7.38. The topological polar surface area (TPSA) is 140 Å². The molecule has 34 heavy (non-hydrogen) atoms. The largest absolute Gasteiger partial charge is 0.494 e. The quantitative estimate of drug-likeness (QED) is 0.180. The van der Waals surface area contributed by atoms with E-state index in [1.54, 1.807) is 12.3 Å². The van der Waals surface area contributed by atoms with E-state index in [0.717, 1.165) is 24.2 Å². The van der Waals surface area contributed by atoms with Crippen molar-refractivity contribution < 1.29 is 14.4 Å². The average molecular weight is 496 g/mol. The molecule has 3 N–H and O–H groups in total.